The van der Waals surface area contributed by atoms with Crippen LogP contribution >= 0.6 is 15.9 Å². The molecule has 100 valence electrons. The molecule has 0 aliphatic carbocycles. The van der Waals surface area contributed by atoms with Gasteiger partial charge >= 0.3 is 0 Å². The first kappa shape index (κ1) is 12.9. The monoisotopic (exact) mass is 339 g/mol. The lowest BCUT2D eigenvalue weighted by Gasteiger charge is -2.17. The molecule has 5 heteroatoms. The Hall–Kier alpha value is -1.07. The van der Waals surface area contributed by atoms with Crippen LogP contribution in [0.2, 0.25) is 0 Å². The first-order valence-corrected chi connectivity index (χ1v) is 8.56. The SMILES string of the molecule is CC1CN(c2ccc3cc(Br)ccc3c2)S(=O)(=O)C1. The normalized spacial score (nSPS) is 22.0. The van der Waals surface area contributed by atoms with Gasteiger partial charge in [-0.3, -0.25) is 4.31 Å². The lowest BCUT2D eigenvalue weighted by molar-refractivity contribution is 0.598. The van der Waals surface area contributed by atoms with Gasteiger partial charge in [0, 0.05) is 11.0 Å². The van der Waals surface area contributed by atoms with Gasteiger partial charge in [-0.25, -0.2) is 8.42 Å². The number of nitrogens with zero attached hydrogens (tertiary/aromatic N) is 1. The Labute approximate surface area is 121 Å². The summed E-state index contributed by atoms with van der Waals surface area (Å²) in [6, 6.07) is 11.8. The van der Waals surface area contributed by atoms with Crippen molar-refractivity contribution in [3.05, 3.63) is 40.9 Å². The van der Waals surface area contributed by atoms with Crippen molar-refractivity contribution in [2.45, 2.75) is 6.92 Å². The van der Waals surface area contributed by atoms with Crippen molar-refractivity contribution >= 4 is 42.4 Å². The fourth-order valence-corrected chi connectivity index (χ4v) is 4.82. The van der Waals surface area contributed by atoms with Gasteiger partial charge in [-0.05, 0) is 41.0 Å². The van der Waals surface area contributed by atoms with Gasteiger partial charge in [0.1, 0.15) is 0 Å². The summed E-state index contributed by atoms with van der Waals surface area (Å²) >= 11 is 3.44. The molecular formula is C14H14BrNO2S. The van der Waals surface area contributed by atoms with Crippen molar-refractivity contribution in [1.29, 1.82) is 0 Å². The molecule has 2 aromatic rings. The summed E-state index contributed by atoms with van der Waals surface area (Å²) in [5.41, 5.74) is 0.763. The quantitative estimate of drug-likeness (QED) is 0.798. The maximum absolute atomic E-state index is 12.1. The Morgan fingerprint density at radius 3 is 2.53 bits per heavy atom. The van der Waals surface area contributed by atoms with E-state index in [1.165, 1.54) is 4.31 Å². The lowest BCUT2D eigenvalue weighted by Crippen LogP contribution is -2.25. The summed E-state index contributed by atoms with van der Waals surface area (Å²) in [7, 11) is -3.14. The third-order valence-corrected chi connectivity index (χ3v) is 5.90. The van der Waals surface area contributed by atoms with E-state index in [9.17, 15) is 8.42 Å². The minimum absolute atomic E-state index is 0.186. The molecule has 0 saturated carbocycles. The summed E-state index contributed by atoms with van der Waals surface area (Å²) in [5, 5.41) is 2.15. The minimum Gasteiger partial charge on any atom is -0.270 e. The van der Waals surface area contributed by atoms with Crippen LogP contribution in [0.15, 0.2) is 40.9 Å². The van der Waals surface area contributed by atoms with Gasteiger partial charge in [-0.15, -0.1) is 0 Å². The molecule has 0 N–H and O–H groups in total. The molecule has 1 heterocycles. The van der Waals surface area contributed by atoms with Crippen LogP contribution in [0, 0.1) is 5.92 Å². The van der Waals surface area contributed by atoms with E-state index < -0.39 is 10.0 Å². The van der Waals surface area contributed by atoms with E-state index in [1.54, 1.807) is 0 Å². The average Bonchev–Trinajstić information content (AvgIpc) is 2.62. The van der Waals surface area contributed by atoms with E-state index in [2.05, 4.69) is 15.9 Å². The van der Waals surface area contributed by atoms with Gasteiger partial charge in [0.25, 0.3) is 0 Å². The van der Waals surface area contributed by atoms with E-state index in [0.717, 1.165) is 20.9 Å². The van der Waals surface area contributed by atoms with Crippen LogP contribution in [0.4, 0.5) is 5.69 Å². The second-order valence-electron chi connectivity index (χ2n) is 5.09. The van der Waals surface area contributed by atoms with E-state index in [0.29, 0.717) is 6.54 Å². The van der Waals surface area contributed by atoms with Gasteiger partial charge in [0.2, 0.25) is 10.0 Å². The first-order valence-electron chi connectivity index (χ1n) is 6.15. The number of benzene rings is 2. The molecule has 1 aliphatic rings. The summed E-state index contributed by atoms with van der Waals surface area (Å²) in [4.78, 5) is 0. The predicted molar refractivity (Wildman–Crippen MR) is 81.9 cm³/mol. The van der Waals surface area contributed by atoms with Gasteiger partial charge in [0.05, 0.1) is 11.4 Å². The Morgan fingerprint density at radius 1 is 1.16 bits per heavy atom. The molecule has 0 amide bonds. The van der Waals surface area contributed by atoms with Crippen molar-refractivity contribution < 1.29 is 8.42 Å². The maximum atomic E-state index is 12.1. The molecule has 0 bridgehead atoms. The Morgan fingerprint density at radius 2 is 1.84 bits per heavy atom. The third-order valence-electron chi connectivity index (χ3n) is 3.38. The average molecular weight is 340 g/mol. The number of hydrogen-bond donors (Lipinski definition) is 0. The van der Waals surface area contributed by atoms with Gasteiger partial charge < -0.3 is 0 Å². The van der Waals surface area contributed by atoms with Crippen LogP contribution in [-0.4, -0.2) is 20.7 Å². The van der Waals surface area contributed by atoms with Gasteiger partial charge in [0.15, 0.2) is 0 Å². The summed E-state index contributed by atoms with van der Waals surface area (Å²) < 4.78 is 26.7. The molecule has 0 radical (unpaired) electrons. The zero-order chi connectivity index (χ0) is 13.6. The second-order valence-corrected chi connectivity index (χ2v) is 7.94. The predicted octanol–water partition coefficient (Wildman–Crippen LogP) is 3.39. The van der Waals surface area contributed by atoms with Gasteiger partial charge in [-0.2, -0.15) is 0 Å². The van der Waals surface area contributed by atoms with Crippen LogP contribution < -0.4 is 4.31 Å². The molecule has 3 rings (SSSR count). The number of sulfonamides is 1. The molecule has 19 heavy (non-hydrogen) atoms. The largest absolute Gasteiger partial charge is 0.270 e. The first-order chi connectivity index (χ1) is 8.95. The number of fused-ring (bicyclic) bond motifs is 1. The summed E-state index contributed by atoms with van der Waals surface area (Å²) in [6.07, 6.45) is 0. The fraction of sp³-hybridized carbons (Fsp3) is 0.286. The highest BCUT2D eigenvalue weighted by molar-refractivity contribution is 9.10. The van der Waals surface area contributed by atoms with Crippen molar-refractivity contribution in [3.63, 3.8) is 0 Å². The van der Waals surface area contributed by atoms with Crippen molar-refractivity contribution in [1.82, 2.24) is 0 Å². The highest BCUT2D eigenvalue weighted by Crippen LogP contribution is 2.30. The minimum atomic E-state index is -3.14. The topological polar surface area (TPSA) is 37.4 Å². The number of rotatable bonds is 1. The Bertz CT molecular complexity index is 742. The van der Waals surface area contributed by atoms with Crippen LogP contribution in [0.1, 0.15) is 6.92 Å². The lowest BCUT2D eigenvalue weighted by atomic mass is 10.1. The zero-order valence-electron chi connectivity index (χ0n) is 10.5. The van der Waals surface area contributed by atoms with E-state index in [1.807, 2.05) is 43.3 Å². The van der Waals surface area contributed by atoms with Crippen molar-refractivity contribution in [3.8, 4) is 0 Å². The molecule has 0 aromatic heterocycles. The maximum Gasteiger partial charge on any atom is 0.235 e. The molecule has 1 unspecified atom stereocenters. The van der Waals surface area contributed by atoms with Crippen LogP contribution in [0.25, 0.3) is 10.8 Å². The molecular weight excluding hydrogens is 326 g/mol. The number of hydrogen-bond acceptors (Lipinski definition) is 2. The zero-order valence-corrected chi connectivity index (χ0v) is 12.9. The van der Waals surface area contributed by atoms with Crippen molar-refractivity contribution in [2.24, 2.45) is 5.92 Å². The van der Waals surface area contributed by atoms with Crippen LogP contribution in [0.5, 0.6) is 0 Å². The smallest absolute Gasteiger partial charge is 0.235 e. The molecule has 1 atom stereocenters. The second kappa shape index (κ2) is 4.49. The number of halogens is 1. The Kier molecular flexibility index (Phi) is 3.06. The third kappa shape index (κ3) is 2.37. The van der Waals surface area contributed by atoms with Crippen LogP contribution in [0.3, 0.4) is 0 Å². The molecule has 0 spiro atoms. The summed E-state index contributed by atoms with van der Waals surface area (Å²) in [5.74, 6) is 0.427. The standard InChI is InChI=1S/C14H14BrNO2S/c1-10-8-16(19(17,18)9-10)14-5-3-11-6-13(15)4-2-12(11)7-14/h2-7,10H,8-9H2,1H3. The van der Waals surface area contributed by atoms with Gasteiger partial charge in [-0.1, -0.05) is 35.0 Å². The highest BCUT2D eigenvalue weighted by atomic mass is 79.9. The summed E-state index contributed by atoms with van der Waals surface area (Å²) in [6.45, 7) is 2.54. The fourth-order valence-electron chi connectivity index (χ4n) is 2.52. The van der Waals surface area contributed by atoms with E-state index in [-0.39, 0.29) is 11.7 Å². The number of anilines is 1. The molecule has 1 saturated heterocycles. The molecule has 2 aromatic carbocycles. The van der Waals surface area contributed by atoms with Crippen molar-refractivity contribution in [2.75, 3.05) is 16.6 Å². The molecule has 1 fully saturated rings. The highest BCUT2D eigenvalue weighted by Gasteiger charge is 2.33. The van der Waals surface area contributed by atoms with E-state index >= 15 is 0 Å². The Balaban J connectivity index is 2.09. The molecule has 1 aliphatic heterocycles. The molecule has 3 nitrogen and oxygen atoms in total. The van der Waals surface area contributed by atoms with E-state index in [4.69, 9.17) is 0 Å². The van der Waals surface area contributed by atoms with Crippen LogP contribution in [-0.2, 0) is 10.0 Å².